The van der Waals surface area contributed by atoms with Gasteiger partial charge in [-0.05, 0) is 28.9 Å². The lowest BCUT2D eigenvalue weighted by Crippen LogP contribution is -1.96. The standard InChI is InChI=1S/C13H12BrNO5/c1-6-11(9-5-8(13(16)17)15-20-9)7(14)4-10(18-2)12(6)19-3/h4-5H,1-3H3,(H,16,17). The number of carbonyl (C=O) groups is 1. The predicted octanol–water partition coefficient (Wildman–Crippen LogP) is 3.13. The van der Waals surface area contributed by atoms with Crippen LogP contribution in [-0.2, 0) is 0 Å². The molecule has 7 heteroatoms. The van der Waals surface area contributed by atoms with Crippen molar-refractivity contribution in [3.05, 3.63) is 27.9 Å². The van der Waals surface area contributed by atoms with Gasteiger partial charge in [0.2, 0.25) is 0 Å². The van der Waals surface area contributed by atoms with E-state index in [9.17, 15) is 4.79 Å². The minimum Gasteiger partial charge on any atom is -0.493 e. The first kappa shape index (κ1) is 14.4. The van der Waals surface area contributed by atoms with Crippen LogP contribution in [0.15, 0.2) is 21.1 Å². The molecule has 6 nitrogen and oxygen atoms in total. The monoisotopic (exact) mass is 341 g/mol. The number of ether oxygens (including phenoxy) is 2. The smallest absolute Gasteiger partial charge is 0.358 e. The Hall–Kier alpha value is -2.02. The zero-order valence-corrected chi connectivity index (χ0v) is 12.6. The summed E-state index contributed by atoms with van der Waals surface area (Å²) in [4.78, 5) is 10.9. The Morgan fingerprint density at radius 2 is 2.05 bits per heavy atom. The van der Waals surface area contributed by atoms with Gasteiger partial charge in [-0.3, -0.25) is 0 Å². The highest BCUT2D eigenvalue weighted by molar-refractivity contribution is 9.10. The molecule has 2 aromatic rings. The molecule has 1 aromatic heterocycles. The van der Waals surface area contributed by atoms with Crippen LogP contribution in [0.25, 0.3) is 11.3 Å². The average molecular weight is 342 g/mol. The Morgan fingerprint density at radius 3 is 2.55 bits per heavy atom. The number of aromatic nitrogens is 1. The van der Waals surface area contributed by atoms with Crippen molar-refractivity contribution in [3.8, 4) is 22.8 Å². The number of carboxylic acids is 1. The van der Waals surface area contributed by atoms with Crippen LogP contribution in [0, 0.1) is 6.92 Å². The fraction of sp³-hybridized carbons (Fsp3) is 0.231. The summed E-state index contributed by atoms with van der Waals surface area (Å²) in [5, 5.41) is 12.4. The molecule has 0 saturated carbocycles. The van der Waals surface area contributed by atoms with Crippen molar-refractivity contribution >= 4 is 21.9 Å². The molecule has 106 valence electrons. The zero-order valence-electron chi connectivity index (χ0n) is 11.1. The van der Waals surface area contributed by atoms with Crippen LogP contribution in [0.2, 0.25) is 0 Å². The van der Waals surface area contributed by atoms with Crippen molar-refractivity contribution in [2.24, 2.45) is 0 Å². The lowest BCUT2D eigenvalue weighted by molar-refractivity contribution is 0.0686. The third kappa shape index (κ3) is 2.36. The van der Waals surface area contributed by atoms with Gasteiger partial charge in [-0.2, -0.15) is 0 Å². The average Bonchev–Trinajstić information content (AvgIpc) is 2.87. The van der Waals surface area contributed by atoms with Gasteiger partial charge in [-0.1, -0.05) is 5.16 Å². The largest absolute Gasteiger partial charge is 0.493 e. The van der Waals surface area contributed by atoms with Crippen molar-refractivity contribution in [3.63, 3.8) is 0 Å². The van der Waals surface area contributed by atoms with Crippen molar-refractivity contribution in [1.29, 1.82) is 0 Å². The summed E-state index contributed by atoms with van der Waals surface area (Å²) >= 11 is 3.41. The molecule has 2 rings (SSSR count). The van der Waals surface area contributed by atoms with E-state index in [-0.39, 0.29) is 5.69 Å². The topological polar surface area (TPSA) is 81.8 Å². The first-order valence-corrected chi connectivity index (χ1v) is 6.40. The van der Waals surface area contributed by atoms with Crippen molar-refractivity contribution in [2.75, 3.05) is 14.2 Å². The fourth-order valence-electron chi connectivity index (χ4n) is 1.93. The van der Waals surface area contributed by atoms with E-state index in [0.717, 1.165) is 5.56 Å². The minimum absolute atomic E-state index is 0.152. The van der Waals surface area contributed by atoms with Gasteiger partial charge in [0.1, 0.15) is 0 Å². The molecule has 0 unspecified atom stereocenters. The molecule has 20 heavy (non-hydrogen) atoms. The molecule has 0 fully saturated rings. The maximum absolute atomic E-state index is 10.9. The van der Waals surface area contributed by atoms with Crippen LogP contribution < -0.4 is 9.47 Å². The number of rotatable bonds is 4. The normalized spacial score (nSPS) is 10.4. The predicted molar refractivity (Wildman–Crippen MR) is 74.4 cm³/mol. The van der Waals surface area contributed by atoms with Gasteiger partial charge in [0.05, 0.1) is 14.2 Å². The number of hydrogen-bond acceptors (Lipinski definition) is 5. The van der Waals surface area contributed by atoms with Crippen LogP contribution in [0.4, 0.5) is 0 Å². The first-order valence-electron chi connectivity index (χ1n) is 5.61. The third-order valence-electron chi connectivity index (χ3n) is 2.84. The number of halogens is 1. The highest BCUT2D eigenvalue weighted by atomic mass is 79.9. The molecule has 1 heterocycles. The molecule has 0 bridgehead atoms. The lowest BCUT2D eigenvalue weighted by atomic mass is 10.0. The summed E-state index contributed by atoms with van der Waals surface area (Å²) in [6, 6.07) is 3.09. The molecule has 0 radical (unpaired) electrons. The quantitative estimate of drug-likeness (QED) is 0.919. The Morgan fingerprint density at radius 1 is 1.35 bits per heavy atom. The summed E-state index contributed by atoms with van der Waals surface area (Å²) in [5.41, 5.74) is 1.27. The van der Waals surface area contributed by atoms with Crippen molar-refractivity contribution in [1.82, 2.24) is 5.16 Å². The molecule has 0 atom stereocenters. The number of carboxylic acid groups (broad SMARTS) is 1. The van der Waals surface area contributed by atoms with E-state index >= 15 is 0 Å². The maximum Gasteiger partial charge on any atom is 0.358 e. The zero-order chi connectivity index (χ0) is 14.9. The Bertz CT molecular complexity index is 665. The molecule has 1 aromatic carbocycles. The molecule has 0 aliphatic rings. The number of hydrogen-bond donors (Lipinski definition) is 1. The fourth-order valence-corrected chi connectivity index (χ4v) is 2.63. The minimum atomic E-state index is -1.14. The molecule has 0 saturated heterocycles. The summed E-state index contributed by atoms with van der Waals surface area (Å²) in [6.07, 6.45) is 0. The van der Waals surface area contributed by atoms with E-state index in [1.54, 1.807) is 13.2 Å². The molecular weight excluding hydrogens is 330 g/mol. The van der Waals surface area contributed by atoms with Gasteiger partial charge < -0.3 is 19.1 Å². The first-order chi connectivity index (χ1) is 9.49. The molecule has 0 aliphatic carbocycles. The van der Waals surface area contributed by atoms with E-state index in [2.05, 4.69) is 21.1 Å². The van der Waals surface area contributed by atoms with E-state index in [1.807, 2.05) is 6.92 Å². The van der Waals surface area contributed by atoms with E-state index < -0.39 is 5.97 Å². The summed E-state index contributed by atoms with van der Waals surface area (Å²) < 4.78 is 16.3. The van der Waals surface area contributed by atoms with Crippen LogP contribution in [0.3, 0.4) is 0 Å². The molecular formula is C13H12BrNO5. The van der Waals surface area contributed by atoms with Gasteiger partial charge in [0.15, 0.2) is 23.0 Å². The van der Waals surface area contributed by atoms with Crippen molar-refractivity contribution < 1.29 is 23.9 Å². The summed E-state index contributed by atoms with van der Waals surface area (Å²) in [5.74, 6) is 0.319. The van der Waals surface area contributed by atoms with E-state index in [1.165, 1.54) is 13.2 Å². The second kappa shape index (κ2) is 5.54. The van der Waals surface area contributed by atoms with Gasteiger partial charge >= 0.3 is 5.97 Å². The second-order valence-corrected chi connectivity index (χ2v) is 4.83. The Kier molecular flexibility index (Phi) is 3.99. The number of nitrogens with zero attached hydrogens (tertiary/aromatic N) is 1. The Balaban J connectivity index is 2.64. The van der Waals surface area contributed by atoms with E-state index in [0.29, 0.717) is 27.3 Å². The molecule has 0 amide bonds. The summed E-state index contributed by atoms with van der Waals surface area (Å²) in [7, 11) is 3.08. The number of methoxy groups -OCH3 is 2. The van der Waals surface area contributed by atoms with Gasteiger partial charge in [0.25, 0.3) is 0 Å². The molecule has 0 aliphatic heterocycles. The molecule has 1 N–H and O–H groups in total. The van der Waals surface area contributed by atoms with Crippen LogP contribution >= 0.6 is 15.9 Å². The van der Waals surface area contributed by atoms with Gasteiger partial charge in [-0.15, -0.1) is 0 Å². The van der Waals surface area contributed by atoms with Crippen LogP contribution in [0.1, 0.15) is 16.1 Å². The van der Waals surface area contributed by atoms with Gasteiger partial charge in [0, 0.05) is 21.7 Å². The lowest BCUT2D eigenvalue weighted by Gasteiger charge is -2.14. The van der Waals surface area contributed by atoms with Crippen LogP contribution in [0.5, 0.6) is 11.5 Å². The van der Waals surface area contributed by atoms with Crippen molar-refractivity contribution in [2.45, 2.75) is 6.92 Å². The number of aromatic carboxylic acids is 1. The highest BCUT2D eigenvalue weighted by Gasteiger charge is 2.21. The highest BCUT2D eigenvalue weighted by Crippen LogP contribution is 2.42. The number of benzene rings is 1. The summed E-state index contributed by atoms with van der Waals surface area (Å²) in [6.45, 7) is 1.82. The third-order valence-corrected chi connectivity index (χ3v) is 3.46. The molecule has 0 spiro atoms. The van der Waals surface area contributed by atoms with Crippen LogP contribution in [-0.4, -0.2) is 30.5 Å². The second-order valence-electron chi connectivity index (χ2n) is 3.98. The maximum atomic E-state index is 10.9. The van der Waals surface area contributed by atoms with Gasteiger partial charge in [-0.25, -0.2) is 4.79 Å². The Labute approximate surface area is 123 Å². The SMILES string of the molecule is COc1cc(Br)c(-c2cc(C(=O)O)no2)c(C)c1OC. The van der Waals surface area contributed by atoms with E-state index in [4.69, 9.17) is 19.1 Å².